The van der Waals surface area contributed by atoms with Gasteiger partial charge in [0.1, 0.15) is 21.8 Å². The van der Waals surface area contributed by atoms with Gasteiger partial charge in [0.15, 0.2) is 0 Å². The lowest BCUT2D eigenvalue weighted by atomic mass is 9.82. The van der Waals surface area contributed by atoms with Gasteiger partial charge in [-0.2, -0.15) is 0 Å². The summed E-state index contributed by atoms with van der Waals surface area (Å²) in [5.41, 5.74) is 0.252. The molecule has 2 aromatic rings. The number of hydrogen-bond acceptors (Lipinski definition) is 11. The van der Waals surface area contributed by atoms with Gasteiger partial charge >= 0.3 is 11.9 Å². The van der Waals surface area contributed by atoms with Gasteiger partial charge in [-0.1, -0.05) is 51.4 Å². The Labute approximate surface area is 430 Å². The Bertz CT molecular complexity index is 2310. The van der Waals surface area contributed by atoms with Crippen LogP contribution < -0.4 is 9.80 Å². The Hall–Kier alpha value is -4.74. The quantitative estimate of drug-likeness (QED) is 0.160. The van der Waals surface area contributed by atoms with Gasteiger partial charge in [0, 0.05) is 48.8 Å². The number of rotatable bonds is 12. The van der Waals surface area contributed by atoms with Crippen LogP contribution in [0.3, 0.4) is 0 Å². The molecule has 4 heterocycles. The van der Waals surface area contributed by atoms with Crippen molar-refractivity contribution in [2.45, 2.75) is 146 Å². The first-order valence-electron chi connectivity index (χ1n) is 25.6. The third-order valence-electron chi connectivity index (χ3n) is 13.4. The molecule has 4 amide bonds. The molecule has 2 saturated heterocycles. The molecule has 16 heteroatoms. The van der Waals surface area contributed by atoms with Crippen molar-refractivity contribution in [1.29, 1.82) is 0 Å². The minimum atomic E-state index is -1.11. The number of esters is 1. The van der Waals surface area contributed by atoms with Crippen LogP contribution in [0.5, 0.6) is 0 Å². The average Bonchev–Trinajstić information content (AvgIpc) is 3.98. The number of carboxylic acids is 1. The number of carbonyl (C=O) groups is 6. The number of carboxylic acid groups (broad SMARTS) is 1. The van der Waals surface area contributed by atoms with E-state index in [1.165, 1.54) is 23.3 Å². The molecule has 0 unspecified atom stereocenters. The number of carbonyl (C=O) groups excluding carboxylic acids is 5. The summed E-state index contributed by atoms with van der Waals surface area (Å²) in [5.74, 6) is 11.2. The molecule has 2 saturated carbocycles. The summed E-state index contributed by atoms with van der Waals surface area (Å²) in [5, 5.41) is 10.0. The average molecular weight is 1020 g/mol. The highest BCUT2D eigenvalue weighted by molar-refractivity contribution is 7.15. The molecule has 71 heavy (non-hydrogen) atoms. The fourth-order valence-corrected chi connectivity index (χ4v) is 11.1. The lowest BCUT2D eigenvalue weighted by Crippen LogP contribution is -2.55. The molecule has 0 radical (unpaired) electrons. The number of ether oxygens (including phenoxy) is 3. The summed E-state index contributed by atoms with van der Waals surface area (Å²) in [7, 11) is 1.33. The van der Waals surface area contributed by atoms with Crippen molar-refractivity contribution >= 4 is 69.6 Å². The Balaban J connectivity index is 0.000000264. The maximum Gasteiger partial charge on any atom is 0.350 e. The van der Waals surface area contributed by atoms with Crippen molar-refractivity contribution in [3.05, 3.63) is 31.6 Å². The van der Waals surface area contributed by atoms with E-state index in [1.54, 1.807) is 26.8 Å². The number of nitrogens with zero attached hydrogens (tertiary/aromatic N) is 4. The Morgan fingerprint density at radius 3 is 1.32 bits per heavy atom. The van der Waals surface area contributed by atoms with Crippen molar-refractivity contribution in [3.8, 4) is 23.7 Å². The molecule has 1 N–H and O–H groups in total. The van der Waals surface area contributed by atoms with Crippen LogP contribution >= 0.6 is 22.7 Å². The monoisotopic (exact) mass is 1020 g/mol. The van der Waals surface area contributed by atoms with Gasteiger partial charge in [0.2, 0.25) is 23.6 Å². The SMILES string of the molecule is CC[C@H](C(=O)N1CCOCC1)N(C(=O)C1CCC(C)CC1)c1cc(C#CC(C)(C)C)sc1C(=O)O.CC[C@H](C(=O)N1CCOCC1)N(C(=O)C1CCC(C)CC1)c1cc(C#CC(C)(C)C)sc1C(=O)OC. The fourth-order valence-electron chi connectivity index (χ4n) is 9.35. The van der Waals surface area contributed by atoms with Gasteiger partial charge in [-0.15, -0.1) is 22.7 Å². The van der Waals surface area contributed by atoms with Crippen LogP contribution in [0, 0.1) is 58.2 Å². The smallest absolute Gasteiger partial charge is 0.350 e. The molecule has 2 atom stereocenters. The summed E-state index contributed by atoms with van der Waals surface area (Å²) in [6.07, 6.45) is 7.77. The highest BCUT2D eigenvalue weighted by atomic mass is 32.1. The molecule has 2 aliphatic carbocycles. The topological polar surface area (TPSA) is 163 Å². The zero-order valence-corrected chi connectivity index (χ0v) is 45.7. The van der Waals surface area contributed by atoms with Gasteiger partial charge in [-0.05, 0) is 130 Å². The highest BCUT2D eigenvalue weighted by Crippen LogP contribution is 2.39. The molecule has 390 valence electrons. The highest BCUT2D eigenvalue weighted by Gasteiger charge is 2.42. The van der Waals surface area contributed by atoms with E-state index in [4.69, 9.17) is 14.2 Å². The Morgan fingerprint density at radius 2 is 1.00 bits per heavy atom. The van der Waals surface area contributed by atoms with Gasteiger partial charge in [-0.3, -0.25) is 29.0 Å². The van der Waals surface area contributed by atoms with Crippen molar-refractivity contribution < 1.29 is 48.1 Å². The first kappa shape index (κ1) is 57.2. The van der Waals surface area contributed by atoms with Crippen LogP contribution in [0.25, 0.3) is 0 Å². The van der Waals surface area contributed by atoms with E-state index in [9.17, 15) is 33.9 Å². The second-order valence-corrected chi connectivity index (χ2v) is 23.6. The van der Waals surface area contributed by atoms with Gasteiger partial charge < -0.3 is 29.1 Å². The van der Waals surface area contributed by atoms with Crippen molar-refractivity contribution in [2.75, 3.05) is 69.5 Å². The van der Waals surface area contributed by atoms with E-state index in [-0.39, 0.29) is 56.9 Å². The molecule has 4 aliphatic rings. The van der Waals surface area contributed by atoms with Gasteiger partial charge in [0.05, 0.1) is 54.7 Å². The van der Waals surface area contributed by atoms with E-state index >= 15 is 0 Å². The number of thiophene rings is 2. The molecular weight excluding hydrogens is 941 g/mol. The minimum absolute atomic E-state index is 0.0500. The first-order chi connectivity index (χ1) is 33.6. The number of anilines is 2. The standard InChI is InChI=1S/C28H40N2O5S.C27H38N2O5S/c1-7-22(26(32)29-14-16-35-17-15-29)30(25(31)20-10-8-19(2)9-11-20)23-18-21(12-13-28(3,4)5)36-24(23)27(33)34-6;1-6-21(25(31)28-13-15-34-16-14-28)29(24(30)19-9-7-18(2)8-10-19)22-17-20(11-12-27(3,4)5)35-23(22)26(32)33/h18-20,22H,7-11,14-17H2,1-6H3;17-19,21H,6-10,13-16H2,1-5H3,(H,32,33)/t19?,20?,22-;18?,19?,21-/m11/s1. The molecule has 0 aromatic carbocycles. The molecule has 0 spiro atoms. The summed E-state index contributed by atoms with van der Waals surface area (Å²) < 4.78 is 15.9. The van der Waals surface area contributed by atoms with Gasteiger partial charge in [0.25, 0.3) is 0 Å². The molecule has 14 nitrogen and oxygen atoms in total. The van der Waals surface area contributed by atoms with Crippen LogP contribution in [0.1, 0.15) is 163 Å². The number of methoxy groups -OCH3 is 1. The zero-order chi connectivity index (χ0) is 52.2. The van der Waals surface area contributed by atoms with Crippen LogP contribution in [0.2, 0.25) is 0 Å². The van der Waals surface area contributed by atoms with Crippen molar-refractivity contribution in [3.63, 3.8) is 0 Å². The number of aromatic carboxylic acids is 1. The van der Waals surface area contributed by atoms with E-state index in [0.717, 1.165) is 62.7 Å². The van der Waals surface area contributed by atoms with Crippen LogP contribution in [-0.4, -0.2) is 122 Å². The Morgan fingerprint density at radius 1 is 0.648 bits per heavy atom. The molecule has 4 fully saturated rings. The lowest BCUT2D eigenvalue weighted by Gasteiger charge is -2.38. The largest absolute Gasteiger partial charge is 0.477 e. The lowest BCUT2D eigenvalue weighted by molar-refractivity contribution is -0.139. The predicted octanol–water partition coefficient (Wildman–Crippen LogP) is 9.37. The summed E-state index contributed by atoms with van der Waals surface area (Å²) >= 11 is 2.28. The maximum atomic E-state index is 14.1. The van der Waals surface area contributed by atoms with Crippen molar-refractivity contribution in [1.82, 2.24) is 9.80 Å². The zero-order valence-electron chi connectivity index (χ0n) is 44.1. The van der Waals surface area contributed by atoms with E-state index in [0.29, 0.717) is 97.6 Å². The normalized spacial score (nSPS) is 21.4. The number of morpholine rings is 2. The van der Waals surface area contributed by atoms with Crippen molar-refractivity contribution in [2.24, 2.45) is 34.5 Å². The van der Waals surface area contributed by atoms with Crippen LogP contribution in [0.15, 0.2) is 12.1 Å². The molecule has 2 aliphatic heterocycles. The van der Waals surface area contributed by atoms with Crippen LogP contribution in [-0.2, 0) is 33.4 Å². The minimum Gasteiger partial charge on any atom is -0.477 e. The number of hydrogen-bond donors (Lipinski definition) is 1. The molecule has 0 bridgehead atoms. The summed E-state index contributed by atoms with van der Waals surface area (Å²) in [6, 6.07) is 1.99. The van der Waals surface area contributed by atoms with Gasteiger partial charge in [-0.25, -0.2) is 9.59 Å². The van der Waals surface area contributed by atoms with E-state index < -0.39 is 24.0 Å². The second-order valence-electron chi connectivity index (χ2n) is 21.5. The fraction of sp³-hybridized carbons (Fsp3) is 0.673. The third-order valence-corrected chi connectivity index (χ3v) is 15.5. The Kier molecular flexibility index (Phi) is 20.7. The number of amides is 4. The van der Waals surface area contributed by atoms with E-state index in [2.05, 4.69) is 37.5 Å². The first-order valence-corrected chi connectivity index (χ1v) is 27.2. The molecule has 6 rings (SSSR count). The van der Waals surface area contributed by atoms with E-state index in [1.807, 2.05) is 55.4 Å². The third kappa shape index (κ3) is 15.6. The molecular formula is C55H78N4O10S2. The predicted molar refractivity (Wildman–Crippen MR) is 280 cm³/mol. The summed E-state index contributed by atoms with van der Waals surface area (Å²) in [6.45, 7) is 24.0. The maximum absolute atomic E-state index is 14.1. The molecule has 2 aromatic heterocycles. The summed E-state index contributed by atoms with van der Waals surface area (Å²) in [4.78, 5) is 88.8. The second kappa shape index (κ2) is 25.8. The van der Waals surface area contributed by atoms with Crippen LogP contribution in [0.4, 0.5) is 11.4 Å².